The molecule has 0 amide bonds. The molecular formula is C11H11ClFN3O3. The number of aromatic nitrogens is 2. The third-order valence-corrected chi connectivity index (χ3v) is 2.70. The summed E-state index contributed by atoms with van der Waals surface area (Å²) in [6.45, 7) is 0.0986. The van der Waals surface area contributed by atoms with E-state index in [4.69, 9.17) is 31.3 Å². The Bertz CT molecular complexity index is 603. The van der Waals surface area contributed by atoms with Crippen LogP contribution in [0.5, 0.6) is 11.5 Å². The van der Waals surface area contributed by atoms with Crippen LogP contribution in [0.1, 0.15) is 5.89 Å². The van der Waals surface area contributed by atoms with Crippen LogP contribution in [-0.4, -0.2) is 24.4 Å². The van der Waals surface area contributed by atoms with E-state index in [0.717, 1.165) is 0 Å². The predicted molar refractivity (Wildman–Crippen MR) is 65.7 cm³/mol. The maximum absolute atomic E-state index is 13.8. The summed E-state index contributed by atoms with van der Waals surface area (Å²) in [5.41, 5.74) is 5.74. The Balaban J connectivity index is 2.65. The number of nitrogens with two attached hydrogens (primary N) is 1. The first kappa shape index (κ1) is 13.6. The van der Waals surface area contributed by atoms with Crippen LogP contribution in [0, 0.1) is 5.82 Å². The van der Waals surface area contributed by atoms with E-state index in [0.29, 0.717) is 5.56 Å². The van der Waals surface area contributed by atoms with Gasteiger partial charge in [-0.15, -0.1) is 0 Å². The Labute approximate surface area is 113 Å². The maximum Gasteiger partial charge on any atom is 0.240 e. The van der Waals surface area contributed by atoms with Gasteiger partial charge in [-0.3, -0.25) is 0 Å². The molecule has 6 nitrogen and oxygen atoms in total. The highest BCUT2D eigenvalue weighted by atomic mass is 35.5. The first-order chi connectivity index (χ1) is 9.12. The van der Waals surface area contributed by atoms with Gasteiger partial charge in [-0.1, -0.05) is 16.8 Å². The fourth-order valence-corrected chi connectivity index (χ4v) is 1.78. The van der Waals surface area contributed by atoms with Gasteiger partial charge in [-0.2, -0.15) is 4.98 Å². The van der Waals surface area contributed by atoms with Crippen LogP contribution in [-0.2, 0) is 6.54 Å². The van der Waals surface area contributed by atoms with Crippen LogP contribution >= 0.6 is 11.6 Å². The molecule has 102 valence electrons. The van der Waals surface area contributed by atoms with Gasteiger partial charge >= 0.3 is 0 Å². The molecule has 19 heavy (non-hydrogen) atoms. The molecular weight excluding hydrogens is 277 g/mol. The molecule has 8 heteroatoms. The minimum absolute atomic E-state index is 0.0986. The first-order valence-electron chi connectivity index (χ1n) is 5.25. The van der Waals surface area contributed by atoms with Crippen molar-refractivity contribution in [3.8, 4) is 22.9 Å². The van der Waals surface area contributed by atoms with Gasteiger partial charge in [0.15, 0.2) is 17.3 Å². The third kappa shape index (κ3) is 2.34. The Morgan fingerprint density at radius 1 is 1.37 bits per heavy atom. The maximum atomic E-state index is 13.8. The molecule has 0 aliphatic carbocycles. The quantitative estimate of drug-likeness (QED) is 0.926. The Morgan fingerprint density at radius 2 is 2.05 bits per heavy atom. The lowest BCUT2D eigenvalue weighted by Crippen LogP contribution is -1.99. The minimum atomic E-state index is -0.715. The van der Waals surface area contributed by atoms with E-state index in [-0.39, 0.29) is 34.8 Å². The Hall–Kier alpha value is -1.86. The summed E-state index contributed by atoms with van der Waals surface area (Å²) in [7, 11) is 2.68. The molecule has 0 radical (unpaired) electrons. The largest absolute Gasteiger partial charge is 0.492 e. The molecule has 1 aromatic carbocycles. The highest BCUT2D eigenvalue weighted by Crippen LogP contribution is 2.42. The number of benzene rings is 1. The van der Waals surface area contributed by atoms with Crippen molar-refractivity contribution in [3.63, 3.8) is 0 Å². The average Bonchev–Trinajstić information content (AvgIpc) is 2.89. The second kappa shape index (κ2) is 5.41. The van der Waals surface area contributed by atoms with Gasteiger partial charge in [0.1, 0.15) is 0 Å². The van der Waals surface area contributed by atoms with E-state index in [2.05, 4.69) is 10.1 Å². The summed E-state index contributed by atoms with van der Waals surface area (Å²) >= 11 is 5.80. The zero-order chi connectivity index (χ0) is 14.0. The smallest absolute Gasteiger partial charge is 0.240 e. The molecule has 0 spiro atoms. The highest BCUT2D eigenvalue weighted by molar-refractivity contribution is 6.31. The number of hydrogen-bond donors (Lipinski definition) is 1. The van der Waals surface area contributed by atoms with Gasteiger partial charge in [0.25, 0.3) is 0 Å². The van der Waals surface area contributed by atoms with Gasteiger partial charge in [-0.25, -0.2) is 4.39 Å². The van der Waals surface area contributed by atoms with Gasteiger partial charge in [0.2, 0.25) is 11.7 Å². The summed E-state index contributed by atoms with van der Waals surface area (Å²) in [6.07, 6.45) is 0. The van der Waals surface area contributed by atoms with Gasteiger partial charge in [0, 0.05) is 0 Å². The number of rotatable bonds is 4. The molecule has 0 fully saturated rings. The fraction of sp³-hybridized carbons (Fsp3) is 0.273. The van der Waals surface area contributed by atoms with Crippen LogP contribution in [0.15, 0.2) is 10.6 Å². The average molecular weight is 288 g/mol. The Kier molecular flexibility index (Phi) is 3.87. The topological polar surface area (TPSA) is 83.4 Å². The van der Waals surface area contributed by atoms with Crippen molar-refractivity contribution in [2.24, 2.45) is 5.73 Å². The monoisotopic (exact) mass is 287 g/mol. The number of nitrogens with zero attached hydrogens (tertiary/aromatic N) is 2. The van der Waals surface area contributed by atoms with Crippen LogP contribution < -0.4 is 15.2 Å². The molecule has 0 saturated heterocycles. The van der Waals surface area contributed by atoms with E-state index in [1.807, 2.05) is 0 Å². The lowest BCUT2D eigenvalue weighted by atomic mass is 10.1. The summed E-state index contributed by atoms with van der Waals surface area (Å²) in [5, 5.41) is 3.60. The van der Waals surface area contributed by atoms with Crippen LogP contribution in [0.3, 0.4) is 0 Å². The molecule has 2 N–H and O–H groups in total. The van der Waals surface area contributed by atoms with E-state index < -0.39 is 5.82 Å². The summed E-state index contributed by atoms with van der Waals surface area (Å²) in [4.78, 5) is 4.03. The molecule has 0 aliphatic heterocycles. The first-order valence-corrected chi connectivity index (χ1v) is 5.63. The number of halogens is 2. The van der Waals surface area contributed by atoms with Crippen molar-refractivity contribution in [1.82, 2.24) is 10.1 Å². The molecule has 2 aromatic rings. The fourth-order valence-electron chi connectivity index (χ4n) is 1.58. The number of methoxy groups -OCH3 is 2. The lowest BCUT2D eigenvalue weighted by molar-refractivity contribution is 0.338. The molecule has 2 rings (SSSR count). The van der Waals surface area contributed by atoms with E-state index in [1.54, 1.807) is 0 Å². The molecule has 1 heterocycles. The molecule has 0 saturated carbocycles. The van der Waals surface area contributed by atoms with Crippen LogP contribution in [0.2, 0.25) is 5.02 Å². The minimum Gasteiger partial charge on any atom is -0.492 e. The third-order valence-electron chi connectivity index (χ3n) is 2.42. The van der Waals surface area contributed by atoms with Crippen molar-refractivity contribution < 1.29 is 18.4 Å². The summed E-state index contributed by atoms with van der Waals surface area (Å²) in [6, 6.07) is 1.34. The van der Waals surface area contributed by atoms with Crippen molar-refractivity contribution in [1.29, 1.82) is 0 Å². The summed E-state index contributed by atoms with van der Waals surface area (Å²) < 4.78 is 28.8. The van der Waals surface area contributed by atoms with Crippen molar-refractivity contribution >= 4 is 11.6 Å². The zero-order valence-electron chi connectivity index (χ0n) is 10.2. The second-order valence-electron chi connectivity index (χ2n) is 3.50. The number of hydrogen-bond acceptors (Lipinski definition) is 6. The van der Waals surface area contributed by atoms with Crippen LogP contribution in [0.25, 0.3) is 11.4 Å². The normalized spacial score (nSPS) is 10.6. The van der Waals surface area contributed by atoms with Crippen LogP contribution in [0.4, 0.5) is 4.39 Å². The van der Waals surface area contributed by atoms with E-state index in [9.17, 15) is 4.39 Å². The molecule has 0 aliphatic rings. The highest BCUT2D eigenvalue weighted by Gasteiger charge is 2.23. The van der Waals surface area contributed by atoms with E-state index in [1.165, 1.54) is 20.3 Å². The predicted octanol–water partition coefficient (Wildman–Crippen LogP) is 2.00. The number of ether oxygens (including phenoxy) is 2. The molecule has 0 atom stereocenters. The second-order valence-corrected chi connectivity index (χ2v) is 3.91. The lowest BCUT2D eigenvalue weighted by Gasteiger charge is -2.12. The van der Waals surface area contributed by atoms with E-state index >= 15 is 0 Å². The van der Waals surface area contributed by atoms with Crippen molar-refractivity contribution in [3.05, 3.63) is 22.8 Å². The van der Waals surface area contributed by atoms with Crippen molar-refractivity contribution in [2.75, 3.05) is 14.2 Å². The van der Waals surface area contributed by atoms with Gasteiger partial charge in [0.05, 0.1) is 31.4 Å². The SMILES string of the molecule is COc1c(-c2noc(CN)n2)cc(Cl)c(F)c1OC. The zero-order valence-corrected chi connectivity index (χ0v) is 11.0. The molecule has 0 bridgehead atoms. The molecule has 0 unspecified atom stereocenters. The Morgan fingerprint density at radius 3 is 2.58 bits per heavy atom. The van der Waals surface area contributed by atoms with Gasteiger partial charge in [-0.05, 0) is 6.07 Å². The standard InChI is InChI=1S/C11H11ClFN3O3/c1-17-9-5(11-15-7(4-14)19-16-11)3-6(12)8(13)10(9)18-2/h3H,4,14H2,1-2H3. The van der Waals surface area contributed by atoms with Crippen molar-refractivity contribution in [2.45, 2.75) is 6.54 Å². The molecule has 1 aromatic heterocycles. The van der Waals surface area contributed by atoms with Gasteiger partial charge < -0.3 is 19.7 Å². The summed E-state index contributed by atoms with van der Waals surface area (Å²) in [5.74, 6) is -0.265.